The normalized spacial score (nSPS) is 16.6. The summed E-state index contributed by atoms with van der Waals surface area (Å²) in [5, 5.41) is 7.14. The maximum atomic E-state index is 12.1. The lowest BCUT2D eigenvalue weighted by Gasteiger charge is -2.30. The molecule has 3 aromatic rings. The van der Waals surface area contributed by atoms with E-state index in [1.54, 1.807) is 0 Å². The van der Waals surface area contributed by atoms with E-state index in [2.05, 4.69) is 27.3 Å². The molecule has 2 fully saturated rings. The summed E-state index contributed by atoms with van der Waals surface area (Å²) in [6, 6.07) is 14.4. The van der Waals surface area contributed by atoms with Crippen LogP contribution in [0.4, 0.5) is 16.2 Å². The van der Waals surface area contributed by atoms with Crippen molar-refractivity contribution in [1.29, 1.82) is 0 Å². The van der Waals surface area contributed by atoms with Crippen molar-refractivity contribution in [2.75, 3.05) is 43.4 Å². The van der Waals surface area contributed by atoms with Gasteiger partial charge in [-0.2, -0.15) is 11.8 Å². The van der Waals surface area contributed by atoms with Gasteiger partial charge in [0.05, 0.1) is 42.0 Å². The molecular formula is C28H36N4O4S. The van der Waals surface area contributed by atoms with Crippen molar-refractivity contribution in [3.05, 3.63) is 42.5 Å². The number of hydrogen-bond acceptors (Lipinski definition) is 6. The van der Waals surface area contributed by atoms with E-state index in [-0.39, 0.29) is 12.1 Å². The number of carbonyl (C=O) groups excluding carboxylic acids is 1. The van der Waals surface area contributed by atoms with Gasteiger partial charge in [0.25, 0.3) is 0 Å². The van der Waals surface area contributed by atoms with Crippen molar-refractivity contribution in [1.82, 2.24) is 9.88 Å². The number of rotatable bonds is 9. The van der Waals surface area contributed by atoms with E-state index >= 15 is 0 Å². The fourth-order valence-corrected chi connectivity index (χ4v) is 5.70. The highest BCUT2D eigenvalue weighted by Gasteiger charge is 2.27. The molecule has 0 unspecified atom stereocenters. The van der Waals surface area contributed by atoms with Gasteiger partial charge in [-0.1, -0.05) is 12.1 Å². The molecule has 0 spiro atoms. The molecule has 2 aliphatic rings. The Labute approximate surface area is 222 Å². The van der Waals surface area contributed by atoms with Crippen LogP contribution in [0.5, 0.6) is 5.75 Å². The molecule has 0 radical (unpaired) electrons. The van der Waals surface area contributed by atoms with Gasteiger partial charge in [-0.15, -0.1) is 0 Å². The Balaban J connectivity index is 1.35. The summed E-state index contributed by atoms with van der Waals surface area (Å²) in [6.07, 6.45) is 3.50. The third kappa shape index (κ3) is 6.00. The quantitative estimate of drug-likeness (QED) is 0.314. The lowest BCUT2D eigenvalue weighted by atomic mass is 9.92. The number of ether oxygens (including phenoxy) is 3. The Hall–Kier alpha value is -2.88. The van der Waals surface area contributed by atoms with E-state index in [1.807, 2.05) is 55.9 Å². The molecule has 2 heterocycles. The zero-order valence-electron chi connectivity index (χ0n) is 21.5. The smallest absolute Gasteiger partial charge is 0.319 e. The second-order valence-electron chi connectivity index (χ2n) is 9.93. The SMILES string of the molecule is CC(C)NC(=O)Nc1ccc(-c2c(N)c3ccc(OCCSC4COCOC4)cc3n2C2CCC2)cc1. The van der Waals surface area contributed by atoms with Crippen LogP contribution in [0.15, 0.2) is 42.5 Å². The van der Waals surface area contributed by atoms with Gasteiger partial charge in [0.15, 0.2) is 0 Å². The van der Waals surface area contributed by atoms with E-state index in [0.29, 0.717) is 24.7 Å². The lowest BCUT2D eigenvalue weighted by Crippen LogP contribution is -2.34. The van der Waals surface area contributed by atoms with Crippen LogP contribution in [0.25, 0.3) is 22.2 Å². The van der Waals surface area contributed by atoms with Crippen LogP contribution in [0, 0.1) is 0 Å². The minimum Gasteiger partial charge on any atom is -0.493 e. The van der Waals surface area contributed by atoms with E-state index in [0.717, 1.165) is 71.1 Å². The van der Waals surface area contributed by atoms with Crippen LogP contribution < -0.4 is 21.1 Å². The molecule has 5 rings (SSSR count). The molecule has 1 aromatic heterocycles. The first-order valence-electron chi connectivity index (χ1n) is 13.0. The summed E-state index contributed by atoms with van der Waals surface area (Å²) in [4.78, 5) is 12.1. The van der Waals surface area contributed by atoms with Crippen LogP contribution in [-0.4, -0.2) is 54.3 Å². The number of amides is 2. The molecule has 1 aliphatic heterocycles. The molecule has 0 atom stereocenters. The second kappa shape index (κ2) is 11.7. The predicted octanol–water partition coefficient (Wildman–Crippen LogP) is 5.63. The zero-order chi connectivity index (χ0) is 25.8. The number of carbonyl (C=O) groups is 1. The summed E-state index contributed by atoms with van der Waals surface area (Å²) in [5.74, 6) is 1.73. The van der Waals surface area contributed by atoms with Crippen LogP contribution in [0.3, 0.4) is 0 Å². The van der Waals surface area contributed by atoms with E-state index in [9.17, 15) is 4.79 Å². The topological polar surface area (TPSA) is 99.8 Å². The van der Waals surface area contributed by atoms with Gasteiger partial charge in [-0.3, -0.25) is 0 Å². The number of aromatic nitrogens is 1. The van der Waals surface area contributed by atoms with Gasteiger partial charge >= 0.3 is 6.03 Å². The summed E-state index contributed by atoms with van der Waals surface area (Å²) in [6.45, 7) is 6.35. The molecule has 2 aromatic carbocycles. The average Bonchev–Trinajstić information content (AvgIpc) is 3.13. The Morgan fingerprint density at radius 3 is 2.59 bits per heavy atom. The third-order valence-corrected chi connectivity index (χ3v) is 7.92. The zero-order valence-corrected chi connectivity index (χ0v) is 22.3. The minimum atomic E-state index is -0.211. The third-order valence-electron chi connectivity index (χ3n) is 6.77. The standard InChI is InChI=1S/C28H36N4O4S/c1-18(2)30-28(33)31-20-8-6-19(7-9-20)27-26(29)24-11-10-22(14-25(24)32(27)21-4-3-5-21)36-12-13-37-23-15-34-17-35-16-23/h6-11,14,18,21,23H,3-5,12-13,15-17,29H2,1-2H3,(H2,30,31,33). The first kappa shape index (κ1) is 25.8. The molecule has 2 amide bonds. The molecule has 8 nitrogen and oxygen atoms in total. The van der Waals surface area contributed by atoms with E-state index < -0.39 is 0 Å². The number of nitrogens with zero attached hydrogens (tertiary/aromatic N) is 1. The van der Waals surface area contributed by atoms with E-state index in [1.165, 1.54) is 6.42 Å². The molecule has 4 N–H and O–H groups in total. The lowest BCUT2D eigenvalue weighted by molar-refractivity contribution is -0.0925. The summed E-state index contributed by atoms with van der Waals surface area (Å²) in [7, 11) is 0. The van der Waals surface area contributed by atoms with Crippen molar-refractivity contribution in [3.8, 4) is 17.0 Å². The number of benzene rings is 2. The summed E-state index contributed by atoms with van der Waals surface area (Å²) < 4.78 is 19.2. The van der Waals surface area contributed by atoms with Crippen LogP contribution in [0.2, 0.25) is 0 Å². The van der Waals surface area contributed by atoms with Gasteiger partial charge in [-0.05, 0) is 57.4 Å². The second-order valence-corrected chi connectivity index (χ2v) is 11.3. The maximum absolute atomic E-state index is 12.1. The van der Waals surface area contributed by atoms with Gasteiger partial charge in [0.2, 0.25) is 0 Å². The molecule has 198 valence electrons. The Morgan fingerprint density at radius 1 is 1.16 bits per heavy atom. The van der Waals surface area contributed by atoms with Crippen LogP contribution >= 0.6 is 11.8 Å². The monoisotopic (exact) mass is 524 g/mol. The average molecular weight is 525 g/mol. The number of hydrogen-bond donors (Lipinski definition) is 3. The fourth-order valence-electron chi connectivity index (χ4n) is 4.80. The van der Waals surface area contributed by atoms with Crippen molar-refractivity contribution in [2.24, 2.45) is 0 Å². The Morgan fingerprint density at radius 2 is 1.92 bits per heavy atom. The predicted molar refractivity (Wildman–Crippen MR) is 150 cm³/mol. The fraction of sp³-hybridized carbons (Fsp3) is 0.464. The summed E-state index contributed by atoms with van der Waals surface area (Å²) in [5.41, 5.74) is 11.4. The van der Waals surface area contributed by atoms with Gasteiger partial charge in [-0.25, -0.2) is 4.79 Å². The number of thioether (sulfide) groups is 1. The maximum Gasteiger partial charge on any atom is 0.319 e. The van der Waals surface area contributed by atoms with Crippen LogP contribution in [0.1, 0.15) is 39.2 Å². The van der Waals surface area contributed by atoms with Crippen molar-refractivity contribution in [3.63, 3.8) is 0 Å². The van der Waals surface area contributed by atoms with Crippen molar-refractivity contribution >= 4 is 40.1 Å². The van der Waals surface area contributed by atoms with Crippen molar-refractivity contribution in [2.45, 2.75) is 50.4 Å². The largest absolute Gasteiger partial charge is 0.493 e. The highest BCUT2D eigenvalue weighted by molar-refractivity contribution is 7.99. The Bertz CT molecular complexity index is 1220. The molecule has 1 saturated carbocycles. The number of nitrogen functional groups attached to an aromatic ring is 1. The molecule has 1 saturated heterocycles. The highest BCUT2D eigenvalue weighted by Crippen LogP contribution is 2.45. The first-order chi connectivity index (χ1) is 18.0. The van der Waals surface area contributed by atoms with Crippen LogP contribution in [-0.2, 0) is 9.47 Å². The first-order valence-corrected chi connectivity index (χ1v) is 14.1. The molecular weight excluding hydrogens is 488 g/mol. The summed E-state index contributed by atoms with van der Waals surface area (Å²) >= 11 is 1.82. The molecule has 9 heteroatoms. The van der Waals surface area contributed by atoms with Gasteiger partial charge in [0.1, 0.15) is 12.5 Å². The minimum absolute atomic E-state index is 0.0750. The van der Waals surface area contributed by atoms with Crippen molar-refractivity contribution < 1.29 is 19.0 Å². The molecule has 0 bridgehead atoms. The molecule has 1 aliphatic carbocycles. The van der Waals surface area contributed by atoms with E-state index in [4.69, 9.17) is 19.9 Å². The number of nitrogens with one attached hydrogen (secondary N) is 2. The Kier molecular flexibility index (Phi) is 8.12. The number of fused-ring (bicyclic) bond motifs is 1. The number of anilines is 2. The van der Waals surface area contributed by atoms with Gasteiger partial charge < -0.3 is 35.1 Å². The number of nitrogens with two attached hydrogens (primary N) is 1. The highest BCUT2D eigenvalue weighted by atomic mass is 32.2. The van der Waals surface area contributed by atoms with Gasteiger partial charge in [0, 0.05) is 40.5 Å². The number of urea groups is 1. The molecule has 37 heavy (non-hydrogen) atoms.